The van der Waals surface area contributed by atoms with Crippen LogP contribution in [0, 0.1) is 0 Å². The monoisotopic (exact) mass is 413 g/mol. The molecule has 0 spiro atoms. The molecule has 0 aliphatic carbocycles. The third kappa shape index (κ3) is 4.21. The Morgan fingerprint density at radius 2 is 2.03 bits per heavy atom. The molecule has 2 saturated heterocycles. The first kappa shape index (κ1) is 19.7. The summed E-state index contributed by atoms with van der Waals surface area (Å²) in [5.74, 6) is -0.195. The normalized spacial score (nSPS) is 19.4. The summed E-state index contributed by atoms with van der Waals surface area (Å²) in [6, 6.07) is 7.23. The number of anilines is 2. The number of nitrogens with zero attached hydrogens (tertiary/aromatic N) is 2. The molecule has 0 saturated carbocycles. The van der Waals surface area contributed by atoms with E-state index < -0.39 is 0 Å². The first-order valence-corrected chi connectivity index (χ1v) is 10.5. The summed E-state index contributed by atoms with van der Waals surface area (Å²) >= 11 is 1.28. The predicted octanol–water partition coefficient (Wildman–Crippen LogP) is 1.64. The third-order valence-electron chi connectivity index (χ3n) is 5.06. The second-order valence-corrected chi connectivity index (χ2v) is 8.15. The van der Waals surface area contributed by atoms with Crippen LogP contribution in [0.4, 0.5) is 10.8 Å². The molecule has 9 heteroatoms. The molecule has 4 rings (SSSR count). The molecule has 0 unspecified atom stereocenters. The van der Waals surface area contributed by atoms with Crippen LogP contribution in [0.15, 0.2) is 24.3 Å². The molecule has 2 amide bonds. The van der Waals surface area contributed by atoms with Gasteiger partial charge < -0.3 is 20.9 Å². The molecule has 3 heterocycles. The maximum atomic E-state index is 12.4. The highest BCUT2D eigenvalue weighted by Gasteiger charge is 2.24. The number of hydrogen-bond donors (Lipinski definition) is 3. The summed E-state index contributed by atoms with van der Waals surface area (Å²) in [5.41, 5.74) is 2.03. The van der Waals surface area contributed by atoms with Crippen molar-refractivity contribution in [2.24, 2.45) is 0 Å². The van der Waals surface area contributed by atoms with Gasteiger partial charge in [0.2, 0.25) is 11.8 Å². The first-order chi connectivity index (χ1) is 14.0. The Bertz CT molecular complexity index is 934. The van der Waals surface area contributed by atoms with E-state index in [1.54, 1.807) is 4.90 Å². The number of Topliss-reactive ketones (excluding diaryl/α,β-unsaturated/α-hetero) is 1. The standard InChI is InChI=1S/C20H23N5O3S/c1-12(26)17-18(13-4-6-14(7-5-13)25-10-2-3-16(25)27)29-20(23-17)24-19(28)15-11-21-8-9-22-15/h4-7,15,21-22H,2-3,8-11H2,1H3,(H,23,24,28)/t15-/m1/s1. The van der Waals surface area contributed by atoms with Gasteiger partial charge in [-0.25, -0.2) is 4.98 Å². The molecule has 1 atom stereocenters. The number of carbonyl (C=O) groups is 3. The van der Waals surface area contributed by atoms with Gasteiger partial charge in [0.15, 0.2) is 10.9 Å². The largest absolute Gasteiger partial charge is 0.313 e. The molecule has 152 valence electrons. The van der Waals surface area contributed by atoms with Crippen LogP contribution in [0.25, 0.3) is 10.4 Å². The Balaban J connectivity index is 1.55. The van der Waals surface area contributed by atoms with E-state index in [1.165, 1.54) is 18.3 Å². The Morgan fingerprint density at radius 3 is 2.66 bits per heavy atom. The van der Waals surface area contributed by atoms with Gasteiger partial charge in [0, 0.05) is 45.2 Å². The van der Waals surface area contributed by atoms with Crippen LogP contribution >= 0.6 is 11.3 Å². The van der Waals surface area contributed by atoms with Gasteiger partial charge in [0.25, 0.3) is 0 Å². The zero-order valence-electron chi connectivity index (χ0n) is 16.2. The van der Waals surface area contributed by atoms with Crippen molar-refractivity contribution in [3.8, 4) is 10.4 Å². The van der Waals surface area contributed by atoms with Gasteiger partial charge in [0.1, 0.15) is 5.69 Å². The lowest BCUT2D eigenvalue weighted by Gasteiger charge is -2.22. The van der Waals surface area contributed by atoms with Crippen molar-refractivity contribution >= 4 is 39.8 Å². The van der Waals surface area contributed by atoms with Gasteiger partial charge in [-0.05, 0) is 24.1 Å². The lowest BCUT2D eigenvalue weighted by molar-refractivity contribution is -0.118. The topological polar surface area (TPSA) is 103 Å². The minimum Gasteiger partial charge on any atom is -0.313 e. The number of nitrogens with one attached hydrogen (secondary N) is 3. The summed E-state index contributed by atoms with van der Waals surface area (Å²) < 4.78 is 0. The van der Waals surface area contributed by atoms with Crippen molar-refractivity contribution in [2.45, 2.75) is 25.8 Å². The van der Waals surface area contributed by atoms with Crippen LogP contribution in [0.3, 0.4) is 0 Å². The van der Waals surface area contributed by atoms with Crippen LogP contribution < -0.4 is 20.9 Å². The molecule has 1 aromatic carbocycles. The SMILES string of the molecule is CC(=O)c1nc(NC(=O)[C@H]2CNCCN2)sc1-c1ccc(N2CCCC2=O)cc1. The highest BCUT2D eigenvalue weighted by Crippen LogP contribution is 2.35. The molecule has 2 aliphatic heterocycles. The van der Waals surface area contributed by atoms with E-state index in [0.717, 1.165) is 37.3 Å². The molecule has 29 heavy (non-hydrogen) atoms. The number of benzene rings is 1. The lowest BCUT2D eigenvalue weighted by Crippen LogP contribution is -2.54. The Labute approximate surface area is 172 Å². The Morgan fingerprint density at radius 1 is 1.24 bits per heavy atom. The number of carbonyl (C=O) groups excluding carboxylic acids is 3. The zero-order valence-corrected chi connectivity index (χ0v) is 17.0. The second kappa shape index (κ2) is 8.40. The fourth-order valence-electron chi connectivity index (χ4n) is 3.55. The molecule has 0 bridgehead atoms. The minimum atomic E-state index is -0.325. The van der Waals surface area contributed by atoms with Gasteiger partial charge in [-0.3, -0.25) is 14.4 Å². The summed E-state index contributed by atoms with van der Waals surface area (Å²) in [7, 11) is 0. The Kier molecular flexibility index (Phi) is 5.70. The van der Waals surface area contributed by atoms with Crippen LogP contribution in [-0.4, -0.2) is 54.8 Å². The molecular weight excluding hydrogens is 390 g/mol. The van der Waals surface area contributed by atoms with Gasteiger partial charge in [-0.15, -0.1) is 0 Å². The summed E-state index contributed by atoms with van der Waals surface area (Å²) in [4.78, 5) is 43.3. The van der Waals surface area contributed by atoms with E-state index in [2.05, 4.69) is 20.9 Å². The third-order valence-corrected chi connectivity index (χ3v) is 6.08. The van der Waals surface area contributed by atoms with Crippen molar-refractivity contribution in [1.29, 1.82) is 0 Å². The Hall–Kier alpha value is -2.62. The number of piperazine rings is 1. The van der Waals surface area contributed by atoms with Crippen LogP contribution in [0.5, 0.6) is 0 Å². The minimum absolute atomic E-state index is 0.135. The smallest absolute Gasteiger partial charge is 0.244 e. The maximum absolute atomic E-state index is 12.4. The van der Waals surface area contributed by atoms with Gasteiger partial charge in [0.05, 0.1) is 10.9 Å². The van der Waals surface area contributed by atoms with Crippen molar-refractivity contribution in [1.82, 2.24) is 15.6 Å². The molecule has 8 nitrogen and oxygen atoms in total. The average molecular weight is 414 g/mol. The molecular formula is C20H23N5O3S. The van der Waals surface area contributed by atoms with Crippen molar-refractivity contribution in [3.63, 3.8) is 0 Å². The fraction of sp³-hybridized carbons (Fsp3) is 0.400. The van der Waals surface area contributed by atoms with E-state index in [1.807, 2.05) is 24.3 Å². The van der Waals surface area contributed by atoms with Gasteiger partial charge in [-0.2, -0.15) is 0 Å². The molecule has 2 fully saturated rings. The highest BCUT2D eigenvalue weighted by molar-refractivity contribution is 7.19. The number of amides is 2. The second-order valence-electron chi connectivity index (χ2n) is 7.15. The molecule has 1 aromatic heterocycles. The van der Waals surface area contributed by atoms with E-state index in [9.17, 15) is 14.4 Å². The zero-order chi connectivity index (χ0) is 20.4. The summed E-state index contributed by atoms with van der Waals surface area (Å²) in [6.07, 6.45) is 1.46. The van der Waals surface area contributed by atoms with E-state index in [4.69, 9.17) is 0 Å². The van der Waals surface area contributed by atoms with Crippen molar-refractivity contribution in [2.75, 3.05) is 36.4 Å². The number of rotatable bonds is 5. The van der Waals surface area contributed by atoms with E-state index in [-0.39, 0.29) is 23.6 Å². The maximum Gasteiger partial charge on any atom is 0.244 e. The van der Waals surface area contributed by atoms with Gasteiger partial charge in [-0.1, -0.05) is 23.5 Å². The van der Waals surface area contributed by atoms with Gasteiger partial charge >= 0.3 is 0 Å². The summed E-state index contributed by atoms with van der Waals surface area (Å²) in [5, 5.41) is 9.55. The van der Waals surface area contributed by atoms with Crippen LogP contribution in [-0.2, 0) is 9.59 Å². The number of hydrogen-bond acceptors (Lipinski definition) is 7. The van der Waals surface area contributed by atoms with Crippen molar-refractivity contribution in [3.05, 3.63) is 30.0 Å². The fourth-order valence-corrected chi connectivity index (χ4v) is 4.57. The molecule has 2 aliphatic rings. The number of ketones is 1. The predicted molar refractivity (Wildman–Crippen MR) is 112 cm³/mol. The highest BCUT2D eigenvalue weighted by atomic mass is 32.1. The van der Waals surface area contributed by atoms with Crippen molar-refractivity contribution < 1.29 is 14.4 Å². The molecule has 0 radical (unpaired) electrons. The van der Waals surface area contributed by atoms with Crippen LogP contribution in [0.2, 0.25) is 0 Å². The van der Waals surface area contributed by atoms with E-state index in [0.29, 0.717) is 28.7 Å². The van der Waals surface area contributed by atoms with Crippen LogP contribution in [0.1, 0.15) is 30.3 Å². The average Bonchev–Trinajstić information content (AvgIpc) is 3.35. The van der Waals surface area contributed by atoms with E-state index >= 15 is 0 Å². The molecule has 3 N–H and O–H groups in total. The lowest BCUT2D eigenvalue weighted by atomic mass is 10.1. The molecule has 2 aromatic rings. The summed E-state index contributed by atoms with van der Waals surface area (Å²) in [6.45, 7) is 4.32. The number of aromatic nitrogens is 1. The quantitative estimate of drug-likeness (QED) is 0.644. The first-order valence-electron chi connectivity index (χ1n) is 9.70. The number of thiazole rings is 1.